The van der Waals surface area contributed by atoms with Crippen LogP contribution in [0.4, 0.5) is 0 Å². The van der Waals surface area contributed by atoms with Crippen LogP contribution in [0.2, 0.25) is 5.02 Å². The Morgan fingerprint density at radius 2 is 1.81 bits per heavy atom. The molecule has 0 radical (unpaired) electrons. The minimum atomic E-state index is -0.757. The van der Waals surface area contributed by atoms with Crippen LogP contribution in [0.15, 0.2) is 42.6 Å². The molecular weight excluding hydrogens is 368 g/mol. The lowest BCUT2D eigenvalue weighted by molar-refractivity contribution is -0.154. The van der Waals surface area contributed by atoms with Crippen LogP contribution in [-0.2, 0) is 26.8 Å². The van der Waals surface area contributed by atoms with Crippen LogP contribution in [0, 0.1) is 0 Å². The zero-order valence-corrected chi connectivity index (χ0v) is 15.8. The number of nitrogens with zero attached hydrogens (tertiary/aromatic N) is 1. The Hall–Kier alpha value is -2.60. The summed E-state index contributed by atoms with van der Waals surface area (Å²) < 4.78 is 6.88. The molecule has 0 aliphatic heterocycles. The molecule has 1 aliphatic carbocycles. The van der Waals surface area contributed by atoms with Crippen LogP contribution in [0.25, 0.3) is 0 Å². The number of amides is 2. The number of hydrogen-bond acceptors (Lipinski definition) is 4. The summed E-state index contributed by atoms with van der Waals surface area (Å²) >= 11 is 5.95. The van der Waals surface area contributed by atoms with E-state index in [-0.39, 0.29) is 0 Å². The number of aryl methyl sites for hydroxylation is 1. The van der Waals surface area contributed by atoms with Gasteiger partial charge in [-0.1, -0.05) is 36.6 Å². The average Bonchev–Trinajstić information content (AvgIpc) is 3.30. The SMILES string of the molecule is Cn1cccc1C(=O)NC(=O)COC(=O)C1(c2ccc(Cl)cc2)CCCC1. The van der Waals surface area contributed by atoms with E-state index in [1.54, 1.807) is 42.1 Å². The molecule has 142 valence electrons. The number of hydrogen-bond donors (Lipinski definition) is 1. The van der Waals surface area contributed by atoms with Crippen LogP contribution >= 0.6 is 11.6 Å². The van der Waals surface area contributed by atoms with Crippen LogP contribution in [0.1, 0.15) is 41.7 Å². The van der Waals surface area contributed by atoms with Crippen LogP contribution in [-0.4, -0.2) is 29.0 Å². The Kier molecular flexibility index (Phi) is 5.65. The van der Waals surface area contributed by atoms with Crippen molar-refractivity contribution in [3.05, 3.63) is 58.9 Å². The molecule has 7 heteroatoms. The van der Waals surface area contributed by atoms with Crippen molar-refractivity contribution in [2.45, 2.75) is 31.1 Å². The monoisotopic (exact) mass is 388 g/mol. The minimum absolute atomic E-state index is 0.350. The van der Waals surface area contributed by atoms with Gasteiger partial charge in [0.1, 0.15) is 5.69 Å². The number of imide groups is 1. The van der Waals surface area contributed by atoms with E-state index in [1.165, 1.54) is 0 Å². The zero-order chi connectivity index (χ0) is 19.4. The second-order valence-corrected chi connectivity index (χ2v) is 7.19. The third kappa shape index (κ3) is 4.06. The van der Waals surface area contributed by atoms with Crippen molar-refractivity contribution in [1.82, 2.24) is 9.88 Å². The highest BCUT2D eigenvalue weighted by atomic mass is 35.5. The van der Waals surface area contributed by atoms with Crippen molar-refractivity contribution >= 4 is 29.4 Å². The summed E-state index contributed by atoms with van der Waals surface area (Å²) in [7, 11) is 1.70. The molecule has 1 aliphatic rings. The normalized spacial score (nSPS) is 15.3. The summed E-state index contributed by atoms with van der Waals surface area (Å²) in [6.07, 6.45) is 4.86. The van der Waals surface area contributed by atoms with Gasteiger partial charge in [-0.25, -0.2) is 0 Å². The average molecular weight is 389 g/mol. The van der Waals surface area contributed by atoms with Gasteiger partial charge in [0, 0.05) is 18.3 Å². The summed E-state index contributed by atoms with van der Waals surface area (Å²) in [4.78, 5) is 36.9. The van der Waals surface area contributed by atoms with Crippen molar-refractivity contribution in [1.29, 1.82) is 0 Å². The Labute approximate surface area is 162 Å². The van der Waals surface area contributed by atoms with Gasteiger partial charge in [0.25, 0.3) is 11.8 Å². The van der Waals surface area contributed by atoms with Crippen molar-refractivity contribution < 1.29 is 19.1 Å². The number of esters is 1. The maximum Gasteiger partial charge on any atom is 0.317 e. The van der Waals surface area contributed by atoms with Gasteiger partial charge in [-0.2, -0.15) is 0 Å². The lowest BCUT2D eigenvalue weighted by atomic mass is 9.79. The zero-order valence-electron chi connectivity index (χ0n) is 15.0. The molecule has 0 bridgehead atoms. The highest BCUT2D eigenvalue weighted by Crippen LogP contribution is 2.42. The molecule has 1 heterocycles. The molecule has 1 fully saturated rings. The molecule has 6 nitrogen and oxygen atoms in total. The summed E-state index contributed by atoms with van der Waals surface area (Å²) in [5.74, 6) is -1.63. The second kappa shape index (κ2) is 7.96. The first-order valence-electron chi connectivity index (χ1n) is 8.81. The van der Waals surface area contributed by atoms with Crippen LogP contribution in [0.3, 0.4) is 0 Å². The second-order valence-electron chi connectivity index (χ2n) is 6.75. The smallest absolute Gasteiger partial charge is 0.317 e. The van der Waals surface area contributed by atoms with E-state index in [2.05, 4.69) is 5.32 Å². The number of carbonyl (C=O) groups excluding carboxylic acids is 3. The first kappa shape index (κ1) is 19.2. The van der Waals surface area contributed by atoms with Gasteiger partial charge in [0.05, 0.1) is 5.41 Å². The topological polar surface area (TPSA) is 77.4 Å². The molecule has 0 spiro atoms. The number of benzene rings is 1. The molecule has 3 rings (SSSR count). The summed E-state index contributed by atoms with van der Waals surface area (Å²) in [6, 6.07) is 10.4. The molecule has 0 unspecified atom stereocenters. The Bertz CT molecular complexity index is 851. The lowest BCUT2D eigenvalue weighted by Crippen LogP contribution is -2.39. The van der Waals surface area contributed by atoms with Gasteiger partial charge < -0.3 is 9.30 Å². The molecule has 27 heavy (non-hydrogen) atoms. The van der Waals surface area contributed by atoms with Crippen molar-refractivity contribution in [2.75, 3.05) is 6.61 Å². The number of nitrogens with one attached hydrogen (secondary N) is 1. The van der Waals surface area contributed by atoms with Crippen LogP contribution < -0.4 is 5.32 Å². The number of ether oxygens (including phenoxy) is 1. The van der Waals surface area contributed by atoms with Crippen molar-refractivity contribution in [2.24, 2.45) is 7.05 Å². The predicted octanol–water partition coefficient (Wildman–Crippen LogP) is 2.99. The molecule has 1 saturated carbocycles. The van der Waals surface area contributed by atoms with Crippen molar-refractivity contribution in [3.8, 4) is 0 Å². The standard InChI is InChI=1S/C20H21ClN2O4/c1-23-12-4-5-16(23)18(25)22-17(24)13-27-19(26)20(10-2-3-11-20)14-6-8-15(21)9-7-14/h4-9,12H,2-3,10-11,13H2,1H3,(H,22,24,25). The fourth-order valence-corrected chi connectivity index (χ4v) is 3.68. The van der Waals surface area contributed by atoms with Gasteiger partial charge >= 0.3 is 5.97 Å². The molecule has 0 saturated heterocycles. The fraction of sp³-hybridized carbons (Fsp3) is 0.350. The number of aromatic nitrogens is 1. The van der Waals surface area contributed by atoms with Gasteiger partial charge in [0.2, 0.25) is 0 Å². The maximum absolute atomic E-state index is 12.8. The summed E-state index contributed by atoms with van der Waals surface area (Å²) in [6.45, 7) is -0.496. The highest BCUT2D eigenvalue weighted by molar-refractivity contribution is 6.30. The summed E-state index contributed by atoms with van der Waals surface area (Å²) in [5.41, 5.74) is 0.435. The van der Waals surface area contributed by atoms with Crippen molar-refractivity contribution in [3.63, 3.8) is 0 Å². The highest BCUT2D eigenvalue weighted by Gasteiger charge is 2.44. The first-order valence-corrected chi connectivity index (χ1v) is 9.19. The van der Waals surface area contributed by atoms with E-state index in [1.807, 2.05) is 12.1 Å². The molecule has 1 N–H and O–H groups in total. The Morgan fingerprint density at radius 1 is 1.15 bits per heavy atom. The van der Waals surface area contributed by atoms with Gasteiger partial charge in [-0.15, -0.1) is 0 Å². The third-order valence-electron chi connectivity index (χ3n) is 5.01. The van der Waals surface area contributed by atoms with Gasteiger partial charge in [-0.05, 0) is 42.7 Å². The first-order chi connectivity index (χ1) is 12.9. The Morgan fingerprint density at radius 3 is 2.41 bits per heavy atom. The quantitative estimate of drug-likeness (QED) is 0.799. The Balaban J connectivity index is 1.63. The third-order valence-corrected chi connectivity index (χ3v) is 5.26. The number of halogens is 1. The van der Waals surface area contributed by atoms with E-state index in [0.717, 1.165) is 18.4 Å². The molecule has 1 aromatic heterocycles. The van der Waals surface area contributed by atoms with E-state index in [0.29, 0.717) is 23.6 Å². The summed E-state index contributed by atoms with van der Waals surface area (Å²) in [5, 5.41) is 2.83. The molecule has 2 aromatic rings. The van der Waals surface area contributed by atoms with E-state index < -0.39 is 29.8 Å². The maximum atomic E-state index is 12.8. The minimum Gasteiger partial charge on any atom is -0.455 e. The molecular formula is C20H21ClN2O4. The van der Waals surface area contributed by atoms with Gasteiger partial charge in [0.15, 0.2) is 6.61 Å². The van der Waals surface area contributed by atoms with E-state index in [9.17, 15) is 14.4 Å². The van der Waals surface area contributed by atoms with Crippen LogP contribution in [0.5, 0.6) is 0 Å². The largest absolute Gasteiger partial charge is 0.455 e. The molecule has 2 amide bonds. The van der Waals surface area contributed by atoms with E-state index >= 15 is 0 Å². The molecule has 0 atom stereocenters. The molecule has 1 aromatic carbocycles. The fourth-order valence-electron chi connectivity index (χ4n) is 3.55. The number of rotatable bonds is 5. The number of carbonyl (C=O) groups is 3. The lowest BCUT2D eigenvalue weighted by Gasteiger charge is -2.27. The van der Waals surface area contributed by atoms with E-state index in [4.69, 9.17) is 16.3 Å². The van der Waals surface area contributed by atoms with Gasteiger partial charge in [-0.3, -0.25) is 19.7 Å². The predicted molar refractivity (Wildman–Crippen MR) is 100 cm³/mol.